The van der Waals surface area contributed by atoms with Crippen molar-refractivity contribution < 1.29 is 19.1 Å². The Morgan fingerprint density at radius 2 is 1.81 bits per heavy atom. The van der Waals surface area contributed by atoms with E-state index in [1.807, 2.05) is 39.8 Å². The van der Waals surface area contributed by atoms with Crippen LogP contribution in [0.4, 0.5) is 4.79 Å². The summed E-state index contributed by atoms with van der Waals surface area (Å²) in [7, 11) is 0. The van der Waals surface area contributed by atoms with Gasteiger partial charge in [0.05, 0.1) is 12.2 Å². The van der Waals surface area contributed by atoms with Gasteiger partial charge < -0.3 is 9.64 Å². The molecule has 0 bridgehead atoms. The summed E-state index contributed by atoms with van der Waals surface area (Å²) in [5.74, 6) is -0.854. The minimum absolute atomic E-state index is 0.0844. The summed E-state index contributed by atoms with van der Waals surface area (Å²) in [5, 5.41) is 0. The summed E-state index contributed by atoms with van der Waals surface area (Å²) in [5.41, 5.74) is 0.168. The predicted octanol–water partition coefficient (Wildman–Crippen LogP) is 2.91. The van der Waals surface area contributed by atoms with Crippen molar-refractivity contribution in [2.75, 3.05) is 6.54 Å². The fourth-order valence-corrected chi connectivity index (χ4v) is 3.07. The third-order valence-corrected chi connectivity index (χ3v) is 4.11. The van der Waals surface area contributed by atoms with Crippen molar-refractivity contribution in [3.05, 3.63) is 29.6 Å². The Labute approximate surface area is 160 Å². The van der Waals surface area contributed by atoms with E-state index in [0.717, 1.165) is 10.6 Å². The number of rotatable bonds is 4. The van der Waals surface area contributed by atoms with Crippen LogP contribution < -0.4 is 0 Å². The lowest BCUT2D eigenvalue weighted by Gasteiger charge is -2.36. The van der Waals surface area contributed by atoms with E-state index in [9.17, 15) is 14.4 Å². The normalized spacial score (nSPS) is 16.7. The molecule has 0 aromatic carbocycles. The summed E-state index contributed by atoms with van der Waals surface area (Å²) < 4.78 is 5.52. The second-order valence-electron chi connectivity index (χ2n) is 8.96. The lowest BCUT2D eigenvalue weighted by atomic mass is 9.85. The Bertz CT molecular complexity index is 746. The van der Waals surface area contributed by atoms with Crippen LogP contribution in [-0.4, -0.2) is 50.9 Å². The lowest BCUT2D eigenvalue weighted by Crippen LogP contribution is -2.52. The molecule has 2 heterocycles. The van der Waals surface area contributed by atoms with Gasteiger partial charge in [-0.25, -0.2) is 9.59 Å². The number of urea groups is 1. The van der Waals surface area contributed by atoms with E-state index >= 15 is 0 Å². The van der Waals surface area contributed by atoms with Crippen LogP contribution in [0.5, 0.6) is 0 Å². The number of nitrogens with zero attached hydrogens (tertiary/aromatic N) is 3. The standard InChI is InChI=1S/C20H29N3O4/c1-13-9-8-10-14(21-13)11-22-15(24)12-23(18(22)26)16(19(2,3)4)17(25)27-20(5,6)7/h8-10,16H,11-12H2,1-7H3/t16-/m1/s1. The van der Waals surface area contributed by atoms with Crippen molar-refractivity contribution in [2.45, 2.75) is 66.7 Å². The largest absolute Gasteiger partial charge is 0.458 e. The number of amides is 3. The molecule has 0 saturated carbocycles. The van der Waals surface area contributed by atoms with Crippen LogP contribution in [0.1, 0.15) is 52.9 Å². The molecule has 0 radical (unpaired) electrons. The van der Waals surface area contributed by atoms with E-state index in [1.165, 1.54) is 4.90 Å². The summed E-state index contributed by atoms with van der Waals surface area (Å²) in [4.78, 5) is 45.1. The van der Waals surface area contributed by atoms with Crippen molar-refractivity contribution in [3.63, 3.8) is 0 Å². The molecular formula is C20H29N3O4. The van der Waals surface area contributed by atoms with Crippen LogP contribution in [0, 0.1) is 12.3 Å². The molecule has 7 heteroatoms. The maximum atomic E-state index is 13.0. The van der Waals surface area contributed by atoms with Crippen LogP contribution in [0.3, 0.4) is 0 Å². The first-order valence-electron chi connectivity index (χ1n) is 9.06. The molecule has 1 saturated heterocycles. The molecule has 0 unspecified atom stereocenters. The zero-order valence-electron chi connectivity index (χ0n) is 17.2. The first kappa shape index (κ1) is 20.9. The average Bonchev–Trinajstić information content (AvgIpc) is 2.72. The summed E-state index contributed by atoms with van der Waals surface area (Å²) >= 11 is 0. The fourth-order valence-electron chi connectivity index (χ4n) is 3.07. The van der Waals surface area contributed by atoms with Gasteiger partial charge in [-0.3, -0.25) is 14.7 Å². The Hall–Kier alpha value is -2.44. The number of carbonyl (C=O) groups excluding carboxylic acids is 3. The quantitative estimate of drug-likeness (QED) is 0.597. The second kappa shape index (κ2) is 7.29. The van der Waals surface area contributed by atoms with Crippen molar-refractivity contribution in [3.8, 4) is 0 Å². The Morgan fingerprint density at radius 3 is 2.33 bits per heavy atom. The van der Waals surface area contributed by atoms with E-state index in [2.05, 4.69) is 4.98 Å². The first-order valence-corrected chi connectivity index (χ1v) is 9.06. The number of pyridine rings is 1. The summed E-state index contributed by atoms with van der Waals surface area (Å²) in [6.07, 6.45) is 0. The highest BCUT2D eigenvalue weighted by atomic mass is 16.6. The number of carbonyl (C=O) groups is 3. The van der Waals surface area contributed by atoms with Crippen molar-refractivity contribution in [1.29, 1.82) is 0 Å². The topological polar surface area (TPSA) is 79.8 Å². The second-order valence-corrected chi connectivity index (χ2v) is 8.96. The molecule has 1 aromatic rings. The molecule has 1 aliphatic rings. The third-order valence-electron chi connectivity index (χ3n) is 4.11. The van der Waals surface area contributed by atoms with Crippen molar-refractivity contribution in [1.82, 2.24) is 14.8 Å². The Balaban J connectivity index is 2.27. The molecule has 27 heavy (non-hydrogen) atoms. The minimum Gasteiger partial charge on any atom is -0.458 e. The number of aryl methyl sites for hydroxylation is 1. The van der Waals surface area contributed by atoms with E-state index in [0.29, 0.717) is 5.69 Å². The molecular weight excluding hydrogens is 346 g/mol. The highest BCUT2D eigenvalue weighted by Gasteiger charge is 2.48. The predicted molar refractivity (Wildman–Crippen MR) is 101 cm³/mol. The third kappa shape index (κ3) is 5.05. The SMILES string of the molecule is Cc1cccc(CN2C(=O)CN([C@H](C(=O)OC(C)(C)C)C(C)(C)C)C2=O)n1. The molecule has 1 aliphatic heterocycles. The van der Waals surface area contributed by atoms with Gasteiger partial charge in [0, 0.05) is 5.69 Å². The van der Waals surface area contributed by atoms with Crippen molar-refractivity contribution >= 4 is 17.9 Å². The minimum atomic E-state index is -0.858. The highest BCUT2D eigenvalue weighted by Crippen LogP contribution is 2.30. The molecule has 1 aromatic heterocycles. The molecule has 0 spiro atoms. The smallest absolute Gasteiger partial charge is 0.330 e. The summed E-state index contributed by atoms with van der Waals surface area (Å²) in [6.45, 7) is 12.7. The van der Waals surface area contributed by atoms with Gasteiger partial charge in [-0.2, -0.15) is 0 Å². The highest BCUT2D eigenvalue weighted by molar-refractivity contribution is 6.03. The average molecular weight is 375 g/mol. The van der Waals surface area contributed by atoms with Crippen molar-refractivity contribution in [2.24, 2.45) is 5.41 Å². The molecule has 148 valence electrons. The monoisotopic (exact) mass is 375 g/mol. The maximum Gasteiger partial charge on any atom is 0.330 e. The zero-order chi connectivity index (χ0) is 20.6. The Kier molecular flexibility index (Phi) is 5.63. The van der Waals surface area contributed by atoms with Gasteiger partial charge in [0.2, 0.25) is 0 Å². The zero-order valence-corrected chi connectivity index (χ0v) is 17.2. The van der Waals surface area contributed by atoms with Gasteiger partial charge in [0.15, 0.2) is 0 Å². The number of esters is 1. The maximum absolute atomic E-state index is 13.0. The van der Waals surface area contributed by atoms with Crippen LogP contribution >= 0.6 is 0 Å². The van der Waals surface area contributed by atoms with Gasteiger partial charge in [-0.05, 0) is 45.2 Å². The Morgan fingerprint density at radius 1 is 1.19 bits per heavy atom. The van der Waals surface area contributed by atoms with Gasteiger partial charge in [0.1, 0.15) is 18.2 Å². The number of imide groups is 1. The number of aromatic nitrogens is 1. The fraction of sp³-hybridized carbons (Fsp3) is 0.600. The molecule has 1 fully saturated rings. The van der Waals surface area contributed by atoms with Gasteiger partial charge in [-0.1, -0.05) is 26.8 Å². The van der Waals surface area contributed by atoms with E-state index in [4.69, 9.17) is 4.74 Å². The molecule has 1 atom stereocenters. The van der Waals surface area contributed by atoms with E-state index in [1.54, 1.807) is 26.8 Å². The van der Waals surface area contributed by atoms with Gasteiger partial charge >= 0.3 is 12.0 Å². The van der Waals surface area contributed by atoms with Gasteiger partial charge in [-0.15, -0.1) is 0 Å². The molecule has 2 rings (SSSR count). The van der Waals surface area contributed by atoms with Gasteiger partial charge in [0.25, 0.3) is 5.91 Å². The number of ether oxygens (including phenoxy) is 1. The number of hydrogen-bond acceptors (Lipinski definition) is 5. The van der Waals surface area contributed by atoms with Crippen LogP contribution in [0.2, 0.25) is 0 Å². The molecule has 3 amide bonds. The van der Waals surface area contributed by atoms with E-state index < -0.39 is 29.1 Å². The lowest BCUT2D eigenvalue weighted by molar-refractivity contribution is -0.164. The molecule has 0 N–H and O–H groups in total. The van der Waals surface area contributed by atoms with Crippen LogP contribution in [0.25, 0.3) is 0 Å². The van der Waals surface area contributed by atoms with Crippen LogP contribution in [-0.2, 0) is 20.9 Å². The molecule has 0 aliphatic carbocycles. The first-order chi connectivity index (χ1) is 12.3. The molecule has 7 nitrogen and oxygen atoms in total. The van der Waals surface area contributed by atoms with Crippen LogP contribution in [0.15, 0.2) is 18.2 Å². The van der Waals surface area contributed by atoms with E-state index in [-0.39, 0.29) is 19.0 Å². The summed E-state index contributed by atoms with van der Waals surface area (Å²) in [6, 6.07) is 4.10. The number of hydrogen-bond donors (Lipinski definition) is 0.